The van der Waals surface area contributed by atoms with Gasteiger partial charge in [0.2, 0.25) is 0 Å². The lowest BCUT2D eigenvalue weighted by Crippen LogP contribution is -2.57. The molecule has 178 valence electrons. The summed E-state index contributed by atoms with van der Waals surface area (Å²) in [6.07, 6.45) is 5.02. The number of carbonyl (C=O) groups excluding carboxylic acids is 1. The number of methoxy groups -OCH3 is 1. The van der Waals surface area contributed by atoms with Crippen molar-refractivity contribution in [3.8, 4) is 0 Å². The topological polar surface area (TPSA) is 68.6 Å². The number of rotatable bonds is 5. The van der Waals surface area contributed by atoms with Crippen LogP contribution in [0.15, 0.2) is 65.6 Å². The number of benzene rings is 2. The van der Waals surface area contributed by atoms with Gasteiger partial charge >= 0.3 is 5.97 Å². The van der Waals surface area contributed by atoms with E-state index in [2.05, 4.69) is 18.7 Å². The van der Waals surface area contributed by atoms with Crippen LogP contribution in [0.3, 0.4) is 0 Å². The Kier molecular flexibility index (Phi) is 5.45. The fraction of sp³-hybridized carbons (Fsp3) is 0.370. The molecule has 2 aliphatic heterocycles. The summed E-state index contributed by atoms with van der Waals surface area (Å²) >= 11 is 0. The zero-order chi connectivity index (χ0) is 24.3. The Morgan fingerprint density at radius 3 is 2.53 bits per heavy atom. The molecule has 0 spiro atoms. The summed E-state index contributed by atoms with van der Waals surface area (Å²) in [5, 5.41) is 0.866. The lowest BCUT2D eigenvalue weighted by Gasteiger charge is -2.45. The van der Waals surface area contributed by atoms with Crippen LogP contribution < -0.4 is 0 Å². The van der Waals surface area contributed by atoms with Gasteiger partial charge in [-0.25, -0.2) is 17.2 Å². The highest BCUT2D eigenvalue weighted by molar-refractivity contribution is 7.90. The van der Waals surface area contributed by atoms with Crippen molar-refractivity contribution in [3.05, 3.63) is 77.5 Å². The first kappa shape index (κ1) is 22.9. The number of ether oxygens (including phenoxy) is 1. The predicted molar refractivity (Wildman–Crippen MR) is 132 cm³/mol. The Balaban J connectivity index is 1.84. The Morgan fingerprint density at radius 1 is 1.15 bits per heavy atom. The van der Waals surface area contributed by atoms with Gasteiger partial charge in [-0.1, -0.05) is 61.9 Å². The van der Waals surface area contributed by atoms with E-state index in [-0.39, 0.29) is 16.9 Å². The first-order valence-electron chi connectivity index (χ1n) is 11.7. The molecule has 2 aromatic carbocycles. The van der Waals surface area contributed by atoms with E-state index in [1.165, 1.54) is 11.1 Å². The van der Waals surface area contributed by atoms with Crippen LogP contribution in [0.4, 0.5) is 0 Å². The second kappa shape index (κ2) is 8.10. The largest absolute Gasteiger partial charge is 0.467 e. The number of aryl methyl sites for hydroxylation is 1. The fourth-order valence-electron chi connectivity index (χ4n) is 5.62. The van der Waals surface area contributed by atoms with Gasteiger partial charge in [-0.15, -0.1) is 0 Å². The normalized spacial score (nSPS) is 22.2. The second-order valence-electron chi connectivity index (χ2n) is 9.76. The first-order chi connectivity index (χ1) is 16.2. The van der Waals surface area contributed by atoms with Crippen LogP contribution in [0.25, 0.3) is 10.9 Å². The summed E-state index contributed by atoms with van der Waals surface area (Å²) in [7, 11) is -2.45. The molecule has 34 heavy (non-hydrogen) atoms. The molecule has 3 heterocycles. The van der Waals surface area contributed by atoms with Crippen LogP contribution in [0.1, 0.15) is 43.1 Å². The van der Waals surface area contributed by atoms with Crippen molar-refractivity contribution in [1.82, 2.24) is 8.87 Å². The summed E-state index contributed by atoms with van der Waals surface area (Å²) in [5.74, 6) is -0.0145. The van der Waals surface area contributed by atoms with E-state index in [4.69, 9.17) is 4.74 Å². The average Bonchev–Trinajstić information content (AvgIpc) is 3.39. The number of esters is 1. The van der Waals surface area contributed by atoms with Gasteiger partial charge in [0.15, 0.2) is 0 Å². The molecule has 3 aromatic rings. The SMILES string of the molecule is COC(=O)[C@]12C=CCN1[C@H](CC(C)C)c1c(c3ccccc3n1S(=O)(=O)c1ccc(C)cc1)C2. The summed E-state index contributed by atoms with van der Waals surface area (Å²) in [6, 6.07) is 14.3. The highest BCUT2D eigenvalue weighted by Gasteiger charge is 2.54. The summed E-state index contributed by atoms with van der Waals surface area (Å²) in [4.78, 5) is 15.5. The number of nitrogens with zero attached hydrogens (tertiary/aromatic N) is 2. The quantitative estimate of drug-likeness (QED) is 0.396. The van der Waals surface area contributed by atoms with E-state index < -0.39 is 15.6 Å². The van der Waals surface area contributed by atoms with Gasteiger partial charge < -0.3 is 4.74 Å². The van der Waals surface area contributed by atoms with E-state index in [1.807, 2.05) is 55.5 Å². The molecule has 0 bridgehead atoms. The molecule has 0 saturated carbocycles. The highest BCUT2D eigenvalue weighted by atomic mass is 32.2. The Morgan fingerprint density at radius 2 is 1.85 bits per heavy atom. The molecule has 0 radical (unpaired) electrons. The lowest BCUT2D eigenvalue weighted by atomic mass is 9.80. The van der Waals surface area contributed by atoms with Gasteiger partial charge in [0.1, 0.15) is 5.54 Å². The summed E-state index contributed by atoms with van der Waals surface area (Å²) in [6.45, 7) is 6.75. The molecule has 0 unspecified atom stereocenters. The van der Waals surface area contributed by atoms with Gasteiger partial charge in [0.25, 0.3) is 10.0 Å². The lowest BCUT2D eigenvalue weighted by molar-refractivity contribution is -0.153. The van der Waals surface area contributed by atoms with E-state index >= 15 is 0 Å². The molecular weight excluding hydrogens is 448 g/mol. The minimum atomic E-state index is -3.87. The van der Waals surface area contributed by atoms with E-state index in [0.717, 1.165) is 22.2 Å². The maximum atomic E-state index is 14.1. The number of fused-ring (bicyclic) bond motifs is 4. The van der Waals surface area contributed by atoms with Crippen LogP contribution in [-0.2, 0) is 26.0 Å². The predicted octanol–water partition coefficient (Wildman–Crippen LogP) is 4.61. The molecule has 0 saturated heterocycles. The van der Waals surface area contributed by atoms with Gasteiger partial charge in [0.05, 0.1) is 29.3 Å². The van der Waals surface area contributed by atoms with Gasteiger partial charge in [-0.2, -0.15) is 0 Å². The van der Waals surface area contributed by atoms with E-state index in [0.29, 0.717) is 30.8 Å². The number of hydrogen-bond acceptors (Lipinski definition) is 5. The molecule has 0 amide bonds. The number of hydrogen-bond donors (Lipinski definition) is 0. The summed E-state index contributed by atoms with van der Waals surface area (Å²) in [5.41, 5.74) is 2.39. The van der Waals surface area contributed by atoms with Crippen molar-refractivity contribution >= 4 is 26.9 Å². The van der Waals surface area contributed by atoms with E-state index in [1.54, 1.807) is 12.1 Å². The molecular formula is C27H30N2O4S. The van der Waals surface area contributed by atoms with Crippen LogP contribution in [0.5, 0.6) is 0 Å². The first-order valence-corrected chi connectivity index (χ1v) is 13.1. The zero-order valence-corrected chi connectivity index (χ0v) is 20.8. The van der Waals surface area contributed by atoms with E-state index in [9.17, 15) is 13.2 Å². The van der Waals surface area contributed by atoms with Gasteiger partial charge in [-0.3, -0.25) is 4.90 Å². The van der Waals surface area contributed by atoms with Gasteiger partial charge in [0, 0.05) is 18.4 Å². The van der Waals surface area contributed by atoms with Crippen molar-refractivity contribution in [2.24, 2.45) is 5.92 Å². The smallest absolute Gasteiger partial charge is 0.330 e. The van der Waals surface area contributed by atoms with Crippen LogP contribution in [0.2, 0.25) is 0 Å². The van der Waals surface area contributed by atoms with Crippen LogP contribution >= 0.6 is 0 Å². The van der Waals surface area contributed by atoms with Crippen LogP contribution in [-0.4, -0.2) is 42.5 Å². The highest BCUT2D eigenvalue weighted by Crippen LogP contribution is 2.49. The third kappa shape index (κ3) is 3.25. The third-order valence-electron chi connectivity index (χ3n) is 7.12. The Labute approximate surface area is 200 Å². The number of aromatic nitrogens is 1. The number of para-hydroxylation sites is 1. The molecule has 2 aliphatic rings. The minimum Gasteiger partial charge on any atom is -0.467 e. The maximum Gasteiger partial charge on any atom is 0.330 e. The van der Waals surface area contributed by atoms with Crippen molar-refractivity contribution < 1.29 is 17.9 Å². The monoisotopic (exact) mass is 478 g/mol. The Hall–Kier alpha value is -2.90. The van der Waals surface area contributed by atoms with Crippen molar-refractivity contribution in [2.75, 3.05) is 13.7 Å². The fourth-order valence-corrected chi connectivity index (χ4v) is 7.22. The van der Waals surface area contributed by atoms with Crippen molar-refractivity contribution in [1.29, 1.82) is 0 Å². The third-order valence-corrected chi connectivity index (χ3v) is 8.86. The second-order valence-corrected chi connectivity index (χ2v) is 11.5. The maximum absolute atomic E-state index is 14.1. The molecule has 0 aliphatic carbocycles. The molecule has 6 nitrogen and oxygen atoms in total. The minimum absolute atomic E-state index is 0.259. The van der Waals surface area contributed by atoms with Crippen molar-refractivity contribution in [3.63, 3.8) is 0 Å². The summed E-state index contributed by atoms with van der Waals surface area (Å²) < 4.78 is 35.1. The molecule has 1 aromatic heterocycles. The zero-order valence-electron chi connectivity index (χ0n) is 20.0. The molecule has 5 rings (SSSR count). The molecule has 0 N–H and O–H groups in total. The molecule has 0 fully saturated rings. The molecule has 2 atom stereocenters. The standard InChI is InChI=1S/C27H30N2O4S/c1-18(2)16-24-25-22(17-27(26(30)33-4)14-7-15-28(24)27)21-8-5-6-9-23(21)29(25)34(31,32)20-12-10-19(3)11-13-20/h5-14,18,24H,15-17H2,1-4H3/t24-,27-/m1/s1. The Bertz CT molecular complexity index is 1400. The number of carbonyl (C=O) groups is 1. The van der Waals surface area contributed by atoms with Crippen LogP contribution in [0, 0.1) is 12.8 Å². The average molecular weight is 479 g/mol. The van der Waals surface area contributed by atoms with Gasteiger partial charge in [-0.05, 0) is 43.0 Å². The van der Waals surface area contributed by atoms with Crippen molar-refractivity contribution in [2.45, 2.75) is 50.1 Å². The molecule has 7 heteroatoms.